The summed E-state index contributed by atoms with van der Waals surface area (Å²) < 4.78 is 2.00. The molecule has 0 saturated carbocycles. The molecule has 0 fully saturated rings. The van der Waals surface area contributed by atoms with Crippen molar-refractivity contribution in [2.24, 2.45) is 0 Å². The van der Waals surface area contributed by atoms with Gasteiger partial charge in [0.1, 0.15) is 0 Å². The maximum absolute atomic E-state index is 12.7. The number of carbonyl (C=O) groups is 1. The Balaban J connectivity index is 1.75. The van der Waals surface area contributed by atoms with E-state index in [0.29, 0.717) is 11.7 Å². The molecular weight excluding hydrogens is 380 g/mol. The SMILES string of the molecule is C=CCn1c(SC(C)C(=O)NC(C)c2ccccc2)nnc1-c1cccc(C)c1. The number of aryl methyl sites for hydroxylation is 1. The van der Waals surface area contributed by atoms with Crippen molar-refractivity contribution in [1.82, 2.24) is 20.1 Å². The van der Waals surface area contributed by atoms with E-state index >= 15 is 0 Å². The summed E-state index contributed by atoms with van der Waals surface area (Å²) >= 11 is 1.40. The van der Waals surface area contributed by atoms with E-state index in [9.17, 15) is 4.79 Å². The molecule has 0 bridgehead atoms. The number of thioether (sulfide) groups is 1. The van der Waals surface area contributed by atoms with Crippen LogP contribution in [-0.4, -0.2) is 25.9 Å². The minimum atomic E-state index is -0.306. The van der Waals surface area contributed by atoms with E-state index in [0.717, 1.165) is 22.5 Å². The number of aromatic nitrogens is 3. The Morgan fingerprint density at radius 2 is 1.93 bits per heavy atom. The highest BCUT2D eigenvalue weighted by molar-refractivity contribution is 8.00. The molecule has 2 atom stereocenters. The molecule has 6 heteroatoms. The van der Waals surface area contributed by atoms with Crippen molar-refractivity contribution in [1.29, 1.82) is 0 Å². The number of carbonyl (C=O) groups excluding carboxylic acids is 1. The highest BCUT2D eigenvalue weighted by Gasteiger charge is 2.22. The van der Waals surface area contributed by atoms with Gasteiger partial charge in [-0.2, -0.15) is 0 Å². The van der Waals surface area contributed by atoms with Crippen LogP contribution in [0.1, 0.15) is 31.0 Å². The monoisotopic (exact) mass is 406 g/mol. The number of benzene rings is 2. The minimum Gasteiger partial charge on any atom is -0.349 e. The molecule has 0 saturated heterocycles. The molecule has 3 rings (SSSR count). The van der Waals surface area contributed by atoms with Crippen molar-refractivity contribution in [3.05, 3.63) is 78.4 Å². The molecule has 0 aliphatic carbocycles. The highest BCUT2D eigenvalue weighted by atomic mass is 32.2. The first-order valence-electron chi connectivity index (χ1n) is 9.62. The van der Waals surface area contributed by atoms with E-state index in [1.54, 1.807) is 0 Å². The Hall–Kier alpha value is -2.86. The summed E-state index contributed by atoms with van der Waals surface area (Å²) in [5, 5.41) is 12.2. The molecule has 2 aromatic carbocycles. The first-order chi connectivity index (χ1) is 14.0. The van der Waals surface area contributed by atoms with E-state index in [-0.39, 0.29) is 17.2 Å². The molecule has 1 heterocycles. The standard InChI is InChI=1S/C23H26N4OS/c1-5-14-27-21(20-13-9-10-16(2)15-20)25-26-23(27)29-18(4)22(28)24-17(3)19-11-7-6-8-12-19/h5-13,15,17-18H,1,14H2,2-4H3,(H,24,28). The van der Waals surface area contributed by atoms with Gasteiger partial charge in [0.25, 0.3) is 0 Å². The highest BCUT2D eigenvalue weighted by Crippen LogP contribution is 2.27. The summed E-state index contributed by atoms with van der Waals surface area (Å²) in [6.45, 7) is 10.4. The Labute approximate surface area is 176 Å². The van der Waals surface area contributed by atoms with Crippen LogP contribution < -0.4 is 5.32 Å². The van der Waals surface area contributed by atoms with Gasteiger partial charge in [0.2, 0.25) is 5.91 Å². The topological polar surface area (TPSA) is 59.8 Å². The van der Waals surface area contributed by atoms with Gasteiger partial charge < -0.3 is 5.32 Å². The molecule has 0 radical (unpaired) electrons. The Kier molecular flexibility index (Phi) is 6.88. The minimum absolute atomic E-state index is 0.0309. The van der Waals surface area contributed by atoms with Gasteiger partial charge >= 0.3 is 0 Å². The lowest BCUT2D eigenvalue weighted by Crippen LogP contribution is -2.33. The lowest BCUT2D eigenvalue weighted by molar-refractivity contribution is -0.120. The van der Waals surface area contributed by atoms with Crippen LogP contribution in [0.2, 0.25) is 0 Å². The van der Waals surface area contributed by atoms with Gasteiger partial charge in [-0.1, -0.05) is 71.9 Å². The molecule has 1 aromatic heterocycles. The third-order valence-corrected chi connectivity index (χ3v) is 5.70. The van der Waals surface area contributed by atoms with Crippen LogP contribution in [0.3, 0.4) is 0 Å². The van der Waals surface area contributed by atoms with Gasteiger partial charge in [-0.15, -0.1) is 16.8 Å². The van der Waals surface area contributed by atoms with E-state index < -0.39 is 0 Å². The number of nitrogens with zero attached hydrogens (tertiary/aromatic N) is 3. The summed E-state index contributed by atoms with van der Waals surface area (Å²) in [7, 11) is 0. The fourth-order valence-electron chi connectivity index (χ4n) is 3.03. The average Bonchev–Trinajstić information content (AvgIpc) is 3.11. The van der Waals surface area contributed by atoms with Crippen LogP contribution in [0.5, 0.6) is 0 Å². The van der Waals surface area contributed by atoms with Gasteiger partial charge in [-0.3, -0.25) is 9.36 Å². The quantitative estimate of drug-likeness (QED) is 0.431. The van der Waals surface area contributed by atoms with E-state index in [1.165, 1.54) is 11.8 Å². The van der Waals surface area contributed by atoms with Crippen molar-refractivity contribution in [3.8, 4) is 11.4 Å². The predicted octanol–water partition coefficient (Wildman–Crippen LogP) is 4.80. The van der Waals surface area contributed by atoms with Crippen LogP contribution >= 0.6 is 11.8 Å². The summed E-state index contributed by atoms with van der Waals surface area (Å²) in [6, 6.07) is 18.0. The van der Waals surface area contributed by atoms with Crippen molar-refractivity contribution in [2.75, 3.05) is 0 Å². The second-order valence-electron chi connectivity index (χ2n) is 6.98. The zero-order valence-corrected chi connectivity index (χ0v) is 17.8. The first-order valence-corrected chi connectivity index (χ1v) is 10.5. The largest absolute Gasteiger partial charge is 0.349 e. The molecule has 0 aliphatic rings. The van der Waals surface area contributed by atoms with Gasteiger partial charge in [0.15, 0.2) is 11.0 Å². The zero-order chi connectivity index (χ0) is 20.8. The molecule has 29 heavy (non-hydrogen) atoms. The molecule has 3 aromatic rings. The Bertz CT molecular complexity index is 984. The molecule has 0 aliphatic heterocycles. The van der Waals surface area contributed by atoms with Crippen molar-refractivity contribution < 1.29 is 4.79 Å². The van der Waals surface area contributed by atoms with Gasteiger partial charge in [0.05, 0.1) is 11.3 Å². The van der Waals surface area contributed by atoms with E-state index in [4.69, 9.17) is 0 Å². The van der Waals surface area contributed by atoms with Crippen LogP contribution in [-0.2, 0) is 11.3 Å². The molecule has 150 valence electrons. The van der Waals surface area contributed by atoms with Crippen molar-refractivity contribution in [2.45, 2.75) is 43.8 Å². The second kappa shape index (κ2) is 9.56. The number of hydrogen-bond acceptors (Lipinski definition) is 4. The van der Waals surface area contributed by atoms with Crippen molar-refractivity contribution in [3.63, 3.8) is 0 Å². The third-order valence-electron chi connectivity index (χ3n) is 4.61. The van der Waals surface area contributed by atoms with Gasteiger partial charge in [-0.25, -0.2) is 0 Å². The molecule has 5 nitrogen and oxygen atoms in total. The van der Waals surface area contributed by atoms with Gasteiger partial charge in [0, 0.05) is 12.1 Å². The van der Waals surface area contributed by atoms with Crippen LogP contribution in [0.4, 0.5) is 0 Å². The predicted molar refractivity (Wildman–Crippen MR) is 119 cm³/mol. The number of rotatable bonds is 8. The Morgan fingerprint density at radius 1 is 1.17 bits per heavy atom. The maximum Gasteiger partial charge on any atom is 0.233 e. The summed E-state index contributed by atoms with van der Waals surface area (Å²) in [5.41, 5.74) is 3.24. The molecule has 2 unspecified atom stereocenters. The lowest BCUT2D eigenvalue weighted by Gasteiger charge is -2.17. The van der Waals surface area contributed by atoms with E-state index in [2.05, 4.69) is 28.2 Å². The normalized spacial score (nSPS) is 12.9. The zero-order valence-electron chi connectivity index (χ0n) is 17.0. The Morgan fingerprint density at radius 3 is 2.62 bits per heavy atom. The molecule has 0 spiro atoms. The fourth-order valence-corrected chi connectivity index (χ4v) is 3.90. The lowest BCUT2D eigenvalue weighted by atomic mass is 10.1. The fraction of sp³-hybridized carbons (Fsp3) is 0.261. The first kappa shape index (κ1) is 20.9. The number of hydrogen-bond donors (Lipinski definition) is 1. The summed E-state index contributed by atoms with van der Waals surface area (Å²) in [4.78, 5) is 12.7. The molecule has 1 amide bonds. The van der Waals surface area contributed by atoms with Crippen LogP contribution in [0.15, 0.2) is 72.4 Å². The van der Waals surface area contributed by atoms with Crippen LogP contribution in [0.25, 0.3) is 11.4 Å². The number of amides is 1. The number of allylic oxidation sites excluding steroid dienone is 1. The third kappa shape index (κ3) is 5.15. The summed E-state index contributed by atoms with van der Waals surface area (Å²) in [5.74, 6) is 0.748. The maximum atomic E-state index is 12.7. The smallest absolute Gasteiger partial charge is 0.233 e. The van der Waals surface area contributed by atoms with Crippen LogP contribution in [0, 0.1) is 6.92 Å². The number of nitrogens with one attached hydrogen (secondary N) is 1. The second-order valence-corrected chi connectivity index (χ2v) is 8.28. The van der Waals surface area contributed by atoms with Gasteiger partial charge in [-0.05, 0) is 32.4 Å². The average molecular weight is 407 g/mol. The van der Waals surface area contributed by atoms with Crippen molar-refractivity contribution >= 4 is 17.7 Å². The van der Waals surface area contributed by atoms with E-state index in [1.807, 2.05) is 79.9 Å². The molecular formula is C23H26N4OS. The molecule has 1 N–H and O–H groups in total. The summed E-state index contributed by atoms with van der Waals surface area (Å²) in [6.07, 6.45) is 1.81.